The maximum absolute atomic E-state index is 13.1. The first-order valence-corrected chi connectivity index (χ1v) is 8.92. The highest BCUT2D eigenvalue weighted by Crippen LogP contribution is 2.26. The first-order chi connectivity index (χ1) is 12.6. The number of hydrogen-bond acceptors (Lipinski definition) is 4. The maximum Gasteiger partial charge on any atom is 0.226 e. The summed E-state index contributed by atoms with van der Waals surface area (Å²) in [6, 6.07) is 12.1. The molecule has 1 heterocycles. The van der Waals surface area contributed by atoms with Crippen LogP contribution in [0.3, 0.4) is 0 Å². The molecule has 0 aliphatic carbocycles. The van der Waals surface area contributed by atoms with Crippen LogP contribution in [0.15, 0.2) is 42.5 Å². The molecule has 2 N–H and O–H groups in total. The smallest absolute Gasteiger partial charge is 0.226 e. The van der Waals surface area contributed by atoms with Gasteiger partial charge in [-0.25, -0.2) is 4.39 Å². The van der Waals surface area contributed by atoms with Gasteiger partial charge in [0.05, 0.1) is 29.6 Å². The number of para-hydroxylation sites is 2. The number of carbonyl (C=O) groups is 1. The van der Waals surface area contributed by atoms with Gasteiger partial charge in [0.1, 0.15) is 5.82 Å². The van der Waals surface area contributed by atoms with Gasteiger partial charge in [0.25, 0.3) is 0 Å². The average molecular weight is 378 g/mol. The summed E-state index contributed by atoms with van der Waals surface area (Å²) in [5.74, 6) is -0.555. The van der Waals surface area contributed by atoms with Crippen molar-refractivity contribution >= 4 is 34.6 Å². The summed E-state index contributed by atoms with van der Waals surface area (Å²) in [4.78, 5) is 14.5. The van der Waals surface area contributed by atoms with Gasteiger partial charge in [0.2, 0.25) is 5.91 Å². The quantitative estimate of drug-likeness (QED) is 0.804. The van der Waals surface area contributed by atoms with Crippen molar-refractivity contribution in [2.75, 3.05) is 48.4 Å². The van der Waals surface area contributed by atoms with Crippen molar-refractivity contribution in [2.24, 2.45) is 0 Å². The molecule has 0 radical (unpaired) electrons. The lowest BCUT2D eigenvalue weighted by Crippen LogP contribution is -2.36. The van der Waals surface area contributed by atoms with Crippen molar-refractivity contribution in [3.05, 3.63) is 53.3 Å². The van der Waals surface area contributed by atoms with E-state index in [1.165, 1.54) is 12.1 Å². The highest BCUT2D eigenvalue weighted by Gasteiger charge is 2.15. The van der Waals surface area contributed by atoms with Crippen LogP contribution in [0.25, 0.3) is 0 Å². The molecule has 0 atom stereocenters. The molecule has 0 bridgehead atoms. The van der Waals surface area contributed by atoms with E-state index in [9.17, 15) is 9.18 Å². The zero-order valence-corrected chi connectivity index (χ0v) is 15.1. The van der Waals surface area contributed by atoms with E-state index in [0.717, 1.165) is 24.5 Å². The van der Waals surface area contributed by atoms with Crippen LogP contribution in [-0.4, -0.2) is 38.8 Å². The molecule has 2 aromatic rings. The van der Waals surface area contributed by atoms with E-state index in [4.69, 9.17) is 16.3 Å². The molecule has 2 aromatic carbocycles. The average Bonchev–Trinajstić information content (AvgIpc) is 2.66. The van der Waals surface area contributed by atoms with E-state index < -0.39 is 5.82 Å². The maximum atomic E-state index is 13.1. The third-order valence-corrected chi connectivity index (χ3v) is 4.42. The summed E-state index contributed by atoms with van der Waals surface area (Å²) in [7, 11) is 0. The van der Waals surface area contributed by atoms with Crippen LogP contribution in [0.1, 0.15) is 6.42 Å². The van der Waals surface area contributed by atoms with Gasteiger partial charge >= 0.3 is 0 Å². The Balaban J connectivity index is 1.54. The number of nitrogens with one attached hydrogen (secondary N) is 2. The third kappa shape index (κ3) is 4.86. The normalized spacial score (nSPS) is 14.2. The molecule has 1 aliphatic rings. The Kier molecular flexibility index (Phi) is 6.30. The second-order valence-electron chi connectivity index (χ2n) is 5.97. The van der Waals surface area contributed by atoms with Gasteiger partial charge in [0, 0.05) is 31.7 Å². The number of rotatable bonds is 6. The van der Waals surface area contributed by atoms with Gasteiger partial charge < -0.3 is 20.3 Å². The number of nitrogens with zero attached hydrogens (tertiary/aromatic N) is 1. The summed E-state index contributed by atoms with van der Waals surface area (Å²) in [5.41, 5.74) is 2.48. The van der Waals surface area contributed by atoms with Gasteiger partial charge in [-0.1, -0.05) is 23.7 Å². The highest BCUT2D eigenvalue weighted by molar-refractivity contribution is 6.31. The van der Waals surface area contributed by atoms with Crippen molar-refractivity contribution in [2.45, 2.75) is 6.42 Å². The molecule has 5 nitrogen and oxygen atoms in total. The number of morpholine rings is 1. The largest absolute Gasteiger partial charge is 0.384 e. The lowest BCUT2D eigenvalue weighted by atomic mass is 10.2. The minimum absolute atomic E-state index is 0.0545. The van der Waals surface area contributed by atoms with E-state index in [0.29, 0.717) is 25.4 Å². The van der Waals surface area contributed by atoms with Crippen LogP contribution in [0.2, 0.25) is 5.02 Å². The Morgan fingerprint density at radius 2 is 1.96 bits per heavy atom. The number of halogens is 2. The molecule has 1 fully saturated rings. The predicted octanol–water partition coefficient (Wildman–Crippen LogP) is 3.76. The number of hydrogen-bond donors (Lipinski definition) is 2. The van der Waals surface area contributed by atoms with E-state index >= 15 is 0 Å². The van der Waals surface area contributed by atoms with Crippen LogP contribution in [0.4, 0.5) is 21.5 Å². The molecular formula is C19H21ClFN3O2. The van der Waals surface area contributed by atoms with Crippen molar-refractivity contribution in [3.8, 4) is 0 Å². The SMILES string of the molecule is O=C(CCNc1ccc(F)c(Cl)c1)Nc1ccccc1N1CCOCC1. The van der Waals surface area contributed by atoms with Crippen LogP contribution < -0.4 is 15.5 Å². The fourth-order valence-corrected chi connectivity index (χ4v) is 2.98. The summed E-state index contributed by atoms with van der Waals surface area (Å²) in [5, 5.41) is 6.09. The Bertz CT molecular complexity index is 766. The number of carbonyl (C=O) groups excluding carboxylic acids is 1. The molecule has 26 heavy (non-hydrogen) atoms. The summed E-state index contributed by atoms with van der Waals surface area (Å²) >= 11 is 5.75. The molecular weight excluding hydrogens is 357 g/mol. The molecule has 0 aromatic heterocycles. The Labute approximate surface area is 157 Å². The van der Waals surface area contributed by atoms with Crippen LogP contribution >= 0.6 is 11.6 Å². The fourth-order valence-electron chi connectivity index (χ4n) is 2.80. The van der Waals surface area contributed by atoms with Crippen molar-refractivity contribution in [1.82, 2.24) is 0 Å². The lowest BCUT2D eigenvalue weighted by Gasteiger charge is -2.30. The Hall–Kier alpha value is -2.31. The molecule has 0 spiro atoms. The van der Waals surface area contributed by atoms with Crippen LogP contribution in [-0.2, 0) is 9.53 Å². The Morgan fingerprint density at radius 3 is 2.73 bits per heavy atom. The molecule has 7 heteroatoms. The minimum Gasteiger partial charge on any atom is -0.384 e. The van der Waals surface area contributed by atoms with E-state index in [1.807, 2.05) is 24.3 Å². The molecule has 1 amide bonds. The second kappa shape index (κ2) is 8.87. The molecule has 1 aliphatic heterocycles. The number of ether oxygens (including phenoxy) is 1. The topological polar surface area (TPSA) is 53.6 Å². The number of anilines is 3. The summed E-state index contributed by atoms with van der Waals surface area (Å²) in [6.07, 6.45) is 0.284. The third-order valence-electron chi connectivity index (χ3n) is 4.13. The van der Waals surface area contributed by atoms with Crippen molar-refractivity contribution < 1.29 is 13.9 Å². The van der Waals surface area contributed by atoms with E-state index in [-0.39, 0.29) is 17.4 Å². The summed E-state index contributed by atoms with van der Waals surface area (Å²) in [6.45, 7) is 3.41. The number of benzene rings is 2. The van der Waals surface area contributed by atoms with Gasteiger partial charge in [-0.2, -0.15) is 0 Å². The second-order valence-corrected chi connectivity index (χ2v) is 6.38. The van der Waals surface area contributed by atoms with Crippen LogP contribution in [0, 0.1) is 5.82 Å². The Morgan fingerprint density at radius 1 is 1.19 bits per heavy atom. The van der Waals surface area contributed by atoms with Crippen molar-refractivity contribution in [3.63, 3.8) is 0 Å². The van der Waals surface area contributed by atoms with Gasteiger partial charge in [0.15, 0.2) is 0 Å². The molecule has 138 valence electrons. The molecule has 0 saturated carbocycles. The van der Waals surface area contributed by atoms with Gasteiger partial charge in [-0.3, -0.25) is 4.79 Å². The molecule has 3 rings (SSSR count). The summed E-state index contributed by atoms with van der Waals surface area (Å²) < 4.78 is 18.5. The lowest BCUT2D eigenvalue weighted by molar-refractivity contribution is -0.115. The standard InChI is InChI=1S/C19H21ClFN3O2/c20-15-13-14(5-6-16(15)21)22-8-7-19(25)23-17-3-1-2-4-18(17)24-9-11-26-12-10-24/h1-6,13,22H,7-12H2,(H,23,25). The first kappa shape index (κ1) is 18.5. The van der Waals surface area contributed by atoms with E-state index in [1.54, 1.807) is 6.07 Å². The highest BCUT2D eigenvalue weighted by atomic mass is 35.5. The number of amides is 1. The monoisotopic (exact) mass is 377 g/mol. The van der Waals surface area contributed by atoms with Crippen LogP contribution in [0.5, 0.6) is 0 Å². The van der Waals surface area contributed by atoms with Crippen molar-refractivity contribution in [1.29, 1.82) is 0 Å². The minimum atomic E-state index is -0.463. The zero-order chi connectivity index (χ0) is 18.4. The zero-order valence-electron chi connectivity index (χ0n) is 14.3. The van der Waals surface area contributed by atoms with E-state index in [2.05, 4.69) is 15.5 Å². The van der Waals surface area contributed by atoms with Gasteiger partial charge in [-0.15, -0.1) is 0 Å². The fraction of sp³-hybridized carbons (Fsp3) is 0.316. The van der Waals surface area contributed by atoms with Gasteiger partial charge in [-0.05, 0) is 30.3 Å². The molecule has 1 saturated heterocycles. The molecule has 0 unspecified atom stereocenters. The predicted molar refractivity (Wildman–Crippen MR) is 103 cm³/mol. The first-order valence-electron chi connectivity index (χ1n) is 8.54.